The average Bonchev–Trinajstić information content (AvgIpc) is 2.78. The first kappa shape index (κ1) is 12.3. The zero-order valence-corrected chi connectivity index (χ0v) is 10.2. The summed E-state index contributed by atoms with van der Waals surface area (Å²) in [5.74, 6) is 4.87. The van der Waals surface area contributed by atoms with Gasteiger partial charge < -0.3 is 0 Å². The van der Waals surface area contributed by atoms with Gasteiger partial charge >= 0.3 is 0 Å². The Bertz CT molecular complexity index is 533. The molecule has 0 radical (unpaired) electrons. The number of nitrogens with two attached hydrogens (primary N) is 1. The number of hydrogen-bond acceptors (Lipinski definition) is 3. The maximum Gasteiger partial charge on any atom is 0.268 e. The van der Waals surface area contributed by atoms with E-state index in [0.29, 0.717) is 12.0 Å². The molecule has 0 aliphatic rings. The van der Waals surface area contributed by atoms with Crippen LogP contribution in [0.2, 0.25) is 0 Å². The highest BCUT2D eigenvalue weighted by Gasteiger charge is 2.16. The average molecular weight is 244 g/mol. The van der Waals surface area contributed by atoms with E-state index in [-0.39, 0.29) is 5.91 Å². The molecule has 94 valence electrons. The highest BCUT2D eigenvalue weighted by atomic mass is 16.2. The van der Waals surface area contributed by atoms with Crippen molar-refractivity contribution in [1.82, 2.24) is 15.6 Å². The highest BCUT2D eigenvalue weighted by Crippen LogP contribution is 2.13. The molecular formula is C13H16N4O. The zero-order chi connectivity index (χ0) is 13.0. The van der Waals surface area contributed by atoms with Gasteiger partial charge in [-0.3, -0.25) is 15.3 Å². The molecule has 1 heterocycles. The molecule has 2 rings (SSSR count). The standard InChI is InChI=1S/C13H16N4O/c1-9-12(13(18)15-14)11(17-16-9)8-7-10-5-3-2-4-6-10/h2-6H,7-8,14H2,1H3,(H,15,18)(H,16,17). The van der Waals surface area contributed by atoms with Gasteiger partial charge in [-0.2, -0.15) is 5.10 Å². The Hall–Kier alpha value is -2.14. The van der Waals surface area contributed by atoms with Crippen molar-refractivity contribution in [1.29, 1.82) is 0 Å². The van der Waals surface area contributed by atoms with Crippen LogP contribution in [-0.2, 0) is 12.8 Å². The molecule has 0 fully saturated rings. The Labute approximate surface area is 105 Å². The molecule has 5 nitrogen and oxygen atoms in total. The second-order valence-electron chi connectivity index (χ2n) is 4.13. The van der Waals surface area contributed by atoms with Gasteiger partial charge in [0.15, 0.2) is 0 Å². The summed E-state index contributed by atoms with van der Waals surface area (Å²) in [7, 11) is 0. The molecule has 1 aromatic carbocycles. The minimum atomic E-state index is -0.302. The maximum absolute atomic E-state index is 11.6. The van der Waals surface area contributed by atoms with Crippen LogP contribution in [0.1, 0.15) is 27.3 Å². The number of H-pyrrole nitrogens is 1. The summed E-state index contributed by atoms with van der Waals surface area (Å²) >= 11 is 0. The number of nitrogens with one attached hydrogen (secondary N) is 2. The van der Waals surface area contributed by atoms with Crippen LogP contribution >= 0.6 is 0 Å². The fraction of sp³-hybridized carbons (Fsp3) is 0.231. The first-order valence-electron chi connectivity index (χ1n) is 5.81. The molecule has 0 unspecified atom stereocenters. The van der Waals surface area contributed by atoms with Crippen LogP contribution in [0.15, 0.2) is 30.3 Å². The normalized spacial score (nSPS) is 10.3. The summed E-state index contributed by atoms with van der Waals surface area (Å²) < 4.78 is 0. The van der Waals surface area contributed by atoms with Crippen molar-refractivity contribution in [3.8, 4) is 0 Å². The van der Waals surface area contributed by atoms with Gasteiger partial charge in [0.05, 0.1) is 11.3 Å². The van der Waals surface area contributed by atoms with Gasteiger partial charge in [0.25, 0.3) is 5.91 Å². The number of aromatic amines is 1. The lowest BCUT2D eigenvalue weighted by Crippen LogP contribution is -2.31. The van der Waals surface area contributed by atoms with Crippen molar-refractivity contribution in [3.05, 3.63) is 52.8 Å². The van der Waals surface area contributed by atoms with Crippen LogP contribution in [0.25, 0.3) is 0 Å². The molecule has 1 amide bonds. The molecule has 5 heteroatoms. The summed E-state index contributed by atoms with van der Waals surface area (Å²) in [4.78, 5) is 11.6. The summed E-state index contributed by atoms with van der Waals surface area (Å²) in [6.07, 6.45) is 1.55. The quantitative estimate of drug-likeness (QED) is 0.428. The lowest BCUT2D eigenvalue weighted by atomic mass is 10.0. The van der Waals surface area contributed by atoms with E-state index in [1.807, 2.05) is 25.1 Å². The molecule has 0 aliphatic heterocycles. The number of hydrogen-bond donors (Lipinski definition) is 3. The summed E-state index contributed by atoms with van der Waals surface area (Å²) in [6, 6.07) is 10.1. The number of amides is 1. The zero-order valence-electron chi connectivity index (χ0n) is 10.2. The van der Waals surface area contributed by atoms with Crippen molar-refractivity contribution in [2.24, 2.45) is 5.84 Å². The predicted molar refractivity (Wildman–Crippen MR) is 68.8 cm³/mol. The van der Waals surface area contributed by atoms with Crippen molar-refractivity contribution in [2.45, 2.75) is 19.8 Å². The smallest absolute Gasteiger partial charge is 0.268 e. The fourth-order valence-corrected chi connectivity index (χ4v) is 1.94. The highest BCUT2D eigenvalue weighted by molar-refractivity contribution is 5.95. The van der Waals surface area contributed by atoms with E-state index in [4.69, 9.17) is 5.84 Å². The van der Waals surface area contributed by atoms with Crippen LogP contribution in [0.3, 0.4) is 0 Å². The van der Waals surface area contributed by atoms with Crippen molar-refractivity contribution >= 4 is 5.91 Å². The molecule has 0 saturated heterocycles. The van der Waals surface area contributed by atoms with Crippen molar-refractivity contribution in [2.75, 3.05) is 0 Å². The van der Waals surface area contributed by atoms with Crippen molar-refractivity contribution in [3.63, 3.8) is 0 Å². The molecule has 0 bridgehead atoms. The van der Waals surface area contributed by atoms with E-state index >= 15 is 0 Å². The third-order valence-electron chi connectivity index (χ3n) is 2.87. The van der Waals surface area contributed by atoms with Crippen molar-refractivity contribution < 1.29 is 4.79 Å². The molecule has 2 aromatic rings. The Morgan fingerprint density at radius 2 is 2.06 bits per heavy atom. The van der Waals surface area contributed by atoms with Crippen LogP contribution in [0, 0.1) is 6.92 Å². The molecule has 0 aliphatic carbocycles. The third-order valence-corrected chi connectivity index (χ3v) is 2.87. The Balaban J connectivity index is 2.13. The third kappa shape index (κ3) is 2.57. The number of aromatic nitrogens is 2. The van der Waals surface area contributed by atoms with Gasteiger partial charge in [-0.25, -0.2) is 5.84 Å². The van der Waals surface area contributed by atoms with Crippen LogP contribution in [0.5, 0.6) is 0 Å². The van der Waals surface area contributed by atoms with E-state index in [9.17, 15) is 4.79 Å². The van der Waals surface area contributed by atoms with Crippen LogP contribution in [-0.4, -0.2) is 16.1 Å². The van der Waals surface area contributed by atoms with Gasteiger partial charge in [-0.1, -0.05) is 30.3 Å². The number of carbonyl (C=O) groups excluding carboxylic acids is 1. The lowest BCUT2D eigenvalue weighted by molar-refractivity contribution is 0.0952. The second-order valence-corrected chi connectivity index (χ2v) is 4.13. The van der Waals surface area contributed by atoms with E-state index in [1.54, 1.807) is 0 Å². The van der Waals surface area contributed by atoms with Gasteiger partial charge in [-0.15, -0.1) is 0 Å². The lowest BCUT2D eigenvalue weighted by Gasteiger charge is -2.03. The Morgan fingerprint density at radius 3 is 2.72 bits per heavy atom. The number of nitrogen functional groups attached to an aromatic ring is 1. The van der Waals surface area contributed by atoms with Gasteiger partial charge in [0.2, 0.25) is 0 Å². The fourth-order valence-electron chi connectivity index (χ4n) is 1.94. The number of rotatable bonds is 4. The predicted octanol–water partition coefficient (Wildman–Crippen LogP) is 1.11. The van der Waals surface area contributed by atoms with E-state index < -0.39 is 0 Å². The van der Waals surface area contributed by atoms with E-state index in [0.717, 1.165) is 17.8 Å². The van der Waals surface area contributed by atoms with Crippen LogP contribution in [0.4, 0.5) is 0 Å². The number of nitrogens with zero attached hydrogens (tertiary/aromatic N) is 1. The van der Waals surface area contributed by atoms with Gasteiger partial charge in [0, 0.05) is 5.69 Å². The Kier molecular flexibility index (Phi) is 3.74. The summed E-state index contributed by atoms with van der Waals surface area (Å²) in [5.41, 5.74) is 5.40. The van der Waals surface area contributed by atoms with Gasteiger partial charge in [-0.05, 0) is 25.3 Å². The molecule has 18 heavy (non-hydrogen) atoms. The summed E-state index contributed by atoms with van der Waals surface area (Å²) in [5, 5.41) is 6.98. The topological polar surface area (TPSA) is 83.8 Å². The molecular weight excluding hydrogens is 228 g/mol. The SMILES string of the molecule is Cc1[nH]nc(CCc2ccccc2)c1C(=O)NN. The maximum atomic E-state index is 11.6. The number of aryl methyl sites for hydroxylation is 3. The molecule has 1 aromatic heterocycles. The molecule has 0 atom stereocenters. The first-order chi connectivity index (χ1) is 8.72. The van der Waals surface area contributed by atoms with E-state index in [2.05, 4.69) is 27.8 Å². The minimum absolute atomic E-state index is 0.302. The minimum Gasteiger partial charge on any atom is -0.290 e. The first-order valence-corrected chi connectivity index (χ1v) is 5.81. The second kappa shape index (κ2) is 5.46. The number of benzene rings is 1. The van der Waals surface area contributed by atoms with Gasteiger partial charge in [0.1, 0.15) is 0 Å². The monoisotopic (exact) mass is 244 g/mol. The molecule has 0 saturated carbocycles. The number of carbonyl (C=O) groups is 1. The largest absolute Gasteiger partial charge is 0.290 e. The molecule has 0 spiro atoms. The van der Waals surface area contributed by atoms with Crippen LogP contribution < -0.4 is 11.3 Å². The van der Waals surface area contributed by atoms with E-state index in [1.165, 1.54) is 5.56 Å². The molecule has 4 N–H and O–H groups in total. The Morgan fingerprint density at radius 1 is 1.33 bits per heavy atom. The number of hydrazine groups is 1. The summed E-state index contributed by atoms with van der Waals surface area (Å²) in [6.45, 7) is 1.81.